The summed E-state index contributed by atoms with van der Waals surface area (Å²) in [7, 11) is 1.67. The van der Waals surface area contributed by atoms with E-state index in [9.17, 15) is 4.79 Å². The van der Waals surface area contributed by atoms with Crippen molar-refractivity contribution < 1.29 is 4.79 Å². The van der Waals surface area contributed by atoms with Gasteiger partial charge in [0.25, 0.3) is 0 Å². The average molecular weight is 221 g/mol. The highest BCUT2D eigenvalue weighted by Gasteiger charge is 2.04. The highest BCUT2D eigenvalue weighted by atomic mass is 16.1. The van der Waals surface area contributed by atoms with Gasteiger partial charge in [0.1, 0.15) is 0 Å². The van der Waals surface area contributed by atoms with Crippen LogP contribution in [0.1, 0.15) is 38.3 Å². The SMILES string of the molecule is CC.CCCc1ccccc1CC(=O)NC. The zero-order valence-electron chi connectivity index (χ0n) is 10.8. The molecule has 0 aliphatic carbocycles. The van der Waals surface area contributed by atoms with Crippen LogP contribution in [-0.2, 0) is 17.6 Å². The summed E-state index contributed by atoms with van der Waals surface area (Å²) in [5, 5.41) is 2.64. The summed E-state index contributed by atoms with van der Waals surface area (Å²) in [6.07, 6.45) is 2.66. The molecule has 0 saturated heterocycles. The number of likely N-dealkylation sites (N-methyl/N-ethyl adjacent to an activating group) is 1. The quantitative estimate of drug-likeness (QED) is 0.832. The van der Waals surface area contributed by atoms with Crippen molar-refractivity contribution in [1.29, 1.82) is 0 Å². The first-order chi connectivity index (χ1) is 7.77. The van der Waals surface area contributed by atoms with Gasteiger partial charge >= 0.3 is 0 Å². The van der Waals surface area contributed by atoms with Gasteiger partial charge in [-0.2, -0.15) is 0 Å². The second-order valence-corrected chi connectivity index (χ2v) is 3.37. The molecular weight excluding hydrogens is 198 g/mol. The van der Waals surface area contributed by atoms with Crippen molar-refractivity contribution in [2.45, 2.75) is 40.0 Å². The molecule has 0 fully saturated rings. The van der Waals surface area contributed by atoms with Crippen LogP contribution < -0.4 is 5.32 Å². The van der Waals surface area contributed by atoms with E-state index in [0.29, 0.717) is 6.42 Å². The summed E-state index contributed by atoms with van der Waals surface area (Å²) >= 11 is 0. The molecule has 0 atom stereocenters. The number of carbonyl (C=O) groups is 1. The first kappa shape index (κ1) is 14.7. The summed E-state index contributed by atoms with van der Waals surface area (Å²) in [4.78, 5) is 11.2. The highest BCUT2D eigenvalue weighted by Crippen LogP contribution is 2.11. The largest absolute Gasteiger partial charge is 0.359 e. The van der Waals surface area contributed by atoms with Gasteiger partial charge in [0.2, 0.25) is 5.91 Å². The molecule has 0 saturated carbocycles. The highest BCUT2D eigenvalue weighted by molar-refractivity contribution is 5.78. The van der Waals surface area contributed by atoms with Gasteiger partial charge in [-0.15, -0.1) is 0 Å². The van der Waals surface area contributed by atoms with E-state index in [0.717, 1.165) is 18.4 Å². The van der Waals surface area contributed by atoms with Crippen LogP contribution in [0.25, 0.3) is 0 Å². The van der Waals surface area contributed by atoms with Gasteiger partial charge in [-0.3, -0.25) is 4.79 Å². The van der Waals surface area contributed by atoms with Gasteiger partial charge in [-0.1, -0.05) is 51.5 Å². The van der Waals surface area contributed by atoms with Crippen LogP contribution in [0.4, 0.5) is 0 Å². The van der Waals surface area contributed by atoms with Gasteiger partial charge in [0.15, 0.2) is 0 Å². The Morgan fingerprint density at radius 3 is 2.25 bits per heavy atom. The van der Waals surface area contributed by atoms with E-state index >= 15 is 0 Å². The standard InChI is InChI=1S/C12H17NO.C2H6/c1-3-6-10-7-4-5-8-11(10)9-12(14)13-2;1-2/h4-5,7-8H,3,6,9H2,1-2H3,(H,13,14);1-2H3. The van der Waals surface area contributed by atoms with E-state index < -0.39 is 0 Å². The summed E-state index contributed by atoms with van der Waals surface area (Å²) in [6.45, 7) is 6.15. The molecule has 0 aliphatic rings. The lowest BCUT2D eigenvalue weighted by atomic mass is 10.0. The molecule has 90 valence electrons. The Kier molecular flexibility index (Phi) is 8.22. The fourth-order valence-electron chi connectivity index (χ4n) is 1.50. The molecule has 1 rings (SSSR count). The van der Waals surface area contributed by atoms with Crippen LogP contribution in [0.3, 0.4) is 0 Å². The Hall–Kier alpha value is -1.31. The fourth-order valence-corrected chi connectivity index (χ4v) is 1.50. The predicted molar refractivity (Wildman–Crippen MR) is 69.6 cm³/mol. The van der Waals surface area contributed by atoms with E-state index in [1.54, 1.807) is 7.05 Å². The monoisotopic (exact) mass is 221 g/mol. The van der Waals surface area contributed by atoms with Gasteiger partial charge in [0.05, 0.1) is 6.42 Å². The zero-order chi connectivity index (χ0) is 12.4. The smallest absolute Gasteiger partial charge is 0.224 e. The van der Waals surface area contributed by atoms with Crippen LogP contribution in [-0.4, -0.2) is 13.0 Å². The molecule has 1 aromatic rings. The summed E-state index contributed by atoms with van der Waals surface area (Å²) in [6, 6.07) is 8.14. The maximum absolute atomic E-state index is 11.2. The van der Waals surface area contributed by atoms with Crippen LogP contribution in [0.5, 0.6) is 0 Å². The molecule has 0 spiro atoms. The summed E-state index contributed by atoms with van der Waals surface area (Å²) in [5.41, 5.74) is 2.44. The minimum Gasteiger partial charge on any atom is -0.359 e. The van der Waals surface area contributed by atoms with Crippen molar-refractivity contribution in [3.8, 4) is 0 Å². The molecule has 0 bridgehead atoms. The number of hydrogen-bond acceptors (Lipinski definition) is 1. The van der Waals surface area contributed by atoms with Crippen molar-refractivity contribution in [2.24, 2.45) is 0 Å². The molecule has 1 amide bonds. The number of carbonyl (C=O) groups excluding carboxylic acids is 1. The minimum absolute atomic E-state index is 0.0774. The lowest BCUT2D eigenvalue weighted by Gasteiger charge is -2.07. The van der Waals surface area contributed by atoms with E-state index in [-0.39, 0.29) is 5.91 Å². The third-order valence-corrected chi connectivity index (χ3v) is 2.27. The van der Waals surface area contributed by atoms with E-state index in [1.807, 2.05) is 32.0 Å². The van der Waals surface area contributed by atoms with E-state index in [2.05, 4.69) is 18.3 Å². The average Bonchev–Trinajstić information content (AvgIpc) is 2.34. The van der Waals surface area contributed by atoms with Crippen molar-refractivity contribution in [3.05, 3.63) is 35.4 Å². The van der Waals surface area contributed by atoms with Crippen LogP contribution in [0, 0.1) is 0 Å². The molecule has 0 unspecified atom stereocenters. The Morgan fingerprint density at radius 1 is 1.19 bits per heavy atom. The van der Waals surface area contributed by atoms with Crippen LogP contribution in [0.2, 0.25) is 0 Å². The van der Waals surface area contributed by atoms with Gasteiger partial charge in [-0.05, 0) is 17.5 Å². The zero-order valence-corrected chi connectivity index (χ0v) is 10.8. The third-order valence-electron chi connectivity index (χ3n) is 2.27. The number of aryl methyl sites for hydroxylation is 1. The molecule has 1 N–H and O–H groups in total. The minimum atomic E-state index is 0.0774. The molecular formula is C14H23NO. The fraction of sp³-hybridized carbons (Fsp3) is 0.500. The van der Waals surface area contributed by atoms with Gasteiger partial charge < -0.3 is 5.32 Å². The lowest BCUT2D eigenvalue weighted by Crippen LogP contribution is -2.20. The normalized spacial score (nSPS) is 9.00. The predicted octanol–water partition coefficient (Wildman–Crippen LogP) is 2.95. The second kappa shape index (κ2) is 8.96. The lowest BCUT2D eigenvalue weighted by molar-refractivity contribution is -0.119. The van der Waals surface area contributed by atoms with Gasteiger partial charge in [0, 0.05) is 7.05 Å². The number of hydrogen-bond donors (Lipinski definition) is 1. The maximum Gasteiger partial charge on any atom is 0.224 e. The number of amides is 1. The third kappa shape index (κ3) is 4.96. The first-order valence-corrected chi connectivity index (χ1v) is 6.05. The van der Waals surface area contributed by atoms with Crippen LogP contribution in [0.15, 0.2) is 24.3 Å². The molecule has 1 aromatic carbocycles. The van der Waals surface area contributed by atoms with Gasteiger partial charge in [-0.25, -0.2) is 0 Å². The molecule has 0 radical (unpaired) electrons. The number of nitrogens with one attached hydrogen (secondary N) is 1. The summed E-state index contributed by atoms with van der Waals surface area (Å²) in [5.74, 6) is 0.0774. The Morgan fingerprint density at radius 2 is 1.75 bits per heavy atom. The number of benzene rings is 1. The molecule has 0 aliphatic heterocycles. The molecule has 0 aromatic heterocycles. The molecule has 2 heteroatoms. The van der Waals surface area contributed by atoms with E-state index in [4.69, 9.17) is 0 Å². The van der Waals surface area contributed by atoms with Crippen molar-refractivity contribution >= 4 is 5.91 Å². The van der Waals surface area contributed by atoms with E-state index in [1.165, 1.54) is 5.56 Å². The topological polar surface area (TPSA) is 29.1 Å². The van der Waals surface area contributed by atoms with Crippen molar-refractivity contribution in [1.82, 2.24) is 5.32 Å². The Bertz CT molecular complexity index is 307. The second-order valence-electron chi connectivity index (χ2n) is 3.37. The molecule has 16 heavy (non-hydrogen) atoms. The van der Waals surface area contributed by atoms with Crippen molar-refractivity contribution in [2.75, 3.05) is 7.05 Å². The van der Waals surface area contributed by atoms with Crippen molar-refractivity contribution in [3.63, 3.8) is 0 Å². The molecule has 2 nitrogen and oxygen atoms in total. The Balaban J connectivity index is 0.00000106. The number of rotatable bonds is 4. The van der Waals surface area contributed by atoms with Crippen LogP contribution >= 0.6 is 0 Å². The Labute approximate surface area is 99.1 Å². The maximum atomic E-state index is 11.2. The molecule has 0 heterocycles. The summed E-state index contributed by atoms with van der Waals surface area (Å²) < 4.78 is 0. The first-order valence-electron chi connectivity index (χ1n) is 6.05.